The zero-order valence-corrected chi connectivity index (χ0v) is 38.0. The number of aromatic nitrogens is 2. The Labute approximate surface area is 377 Å². The van der Waals surface area contributed by atoms with Crippen molar-refractivity contribution in [2.75, 3.05) is 11.4 Å². The first-order valence-corrected chi connectivity index (χ1v) is 24.0. The Bertz CT molecular complexity index is 2680. The number of hydrogen-bond acceptors (Lipinski definition) is 4. The lowest BCUT2D eigenvalue weighted by atomic mass is 9.77. The first-order chi connectivity index (χ1) is 30.2. The van der Waals surface area contributed by atoms with E-state index in [1.165, 1.54) is 10.4 Å². The zero-order chi connectivity index (χ0) is 42.7. The molecule has 1 atom stereocenters. The van der Waals surface area contributed by atoms with Gasteiger partial charge in [0.25, 0.3) is 0 Å². The highest BCUT2D eigenvalue weighted by molar-refractivity contribution is 7.81. The van der Waals surface area contributed by atoms with Crippen LogP contribution in [0.3, 0.4) is 0 Å². The van der Waals surface area contributed by atoms with Crippen LogP contribution in [0.25, 0.3) is 10.8 Å². The summed E-state index contributed by atoms with van der Waals surface area (Å²) in [4.78, 5) is 8.78. The first-order valence-electron chi connectivity index (χ1n) is 21.3. The van der Waals surface area contributed by atoms with Crippen LogP contribution < -0.4 is 25.0 Å². The van der Waals surface area contributed by atoms with E-state index in [2.05, 4.69) is 230 Å². The highest BCUT2D eigenvalue weighted by atomic mass is 32.1. The van der Waals surface area contributed by atoms with Crippen LogP contribution >= 0.6 is 24.4 Å². The number of nitrogens with zero attached hydrogens (tertiary/aromatic N) is 3. The Kier molecular flexibility index (Phi) is 11.5. The second-order valence-electron chi connectivity index (χ2n) is 17.1. The minimum Gasteiger partial charge on any atom is -0.534 e. The normalized spacial score (nSPS) is 14.5. The largest absolute Gasteiger partial charge is 0.534 e. The molecule has 0 bridgehead atoms. The van der Waals surface area contributed by atoms with E-state index in [-0.39, 0.29) is 11.1 Å². The monoisotopic (exact) mass is 862 g/mol. The van der Waals surface area contributed by atoms with Crippen molar-refractivity contribution in [2.45, 2.75) is 50.2 Å². The number of hydrogen-bond donors (Lipinski definition) is 1. The van der Waals surface area contributed by atoms with Crippen LogP contribution in [0.1, 0.15) is 49.6 Å². The molecule has 0 radical (unpaired) electrons. The quantitative estimate of drug-likeness (QED) is 0.0750. The Hall–Kier alpha value is -6.19. The summed E-state index contributed by atoms with van der Waals surface area (Å²) >= 11 is 12.3. The van der Waals surface area contributed by atoms with Gasteiger partial charge in [0.1, 0.15) is 16.3 Å². The van der Waals surface area contributed by atoms with Crippen LogP contribution in [0, 0.1) is 0 Å². The topological polar surface area (TPSA) is 42.3 Å². The van der Waals surface area contributed by atoms with Gasteiger partial charge in [-0.15, -0.1) is 0 Å². The Morgan fingerprint density at radius 2 is 1.23 bits per heavy atom. The molecule has 62 heavy (non-hydrogen) atoms. The van der Waals surface area contributed by atoms with Gasteiger partial charge in [-0.3, -0.25) is 0 Å². The smallest absolute Gasteiger partial charge is 0.319 e. The lowest BCUT2D eigenvalue weighted by molar-refractivity contribution is 0.509. The lowest BCUT2D eigenvalue weighted by Crippen LogP contribution is -2.68. The molecule has 9 rings (SSSR count). The van der Waals surface area contributed by atoms with E-state index in [4.69, 9.17) is 33.8 Å². The van der Waals surface area contributed by atoms with Gasteiger partial charge < -0.3 is 19.2 Å². The minimum atomic E-state index is -2.83. The SMILES string of the molecule is CC(C)(C)[Si](Oc1ccc2cccc(N3CC[C@H](NC(=S)Cc4cn(C(c5ccccc5)(c5ccccc5)c5ccccc5)cn4)C3=S)c2c1)(c1ccccc1)c1ccccc1. The molecule has 7 aromatic carbocycles. The number of benzene rings is 7. The van der Waals surface area contributed by atoms with E-state index in [1.54, 1.807) is 0 Å². The zero-order valence-electron chi connectivity index (χ0n) is 35.3. The van der Waals surface area contributed by atoms with Crippen molar-refractivity contribution >= 4 is 69.6 Å². The highest BCUT2D eigenvalue weighted by Gasteiger charge is 2.52. The fraction of sp³-hybridized carbons (Fsp3) is 0.167. The molecule has 1 aliphatic heterocycles. The van der Waals surface area contributed by atoms with Gasteiger partial charge >= 0.3 is 8.32 Å². The molecule has 5 nitrogen and oxygen atoms in total. The number of thiocarbonyl (C=S) groups is 2. The summed E-state index contributed by atoms with van der Waals surface area (Å²) in [6, 6.07) is 66.4. The van der Waals surface area contributed by atoms with Gasteiger partial charge in [0, 0.05) is 30.2 Å². The summed E-state index contributed by atoms with van der Waals surface area (Å²) in [5.41, 5.74) is 4.77. The van der Waals surface area contributed by atoms with Gasteiger partial charge in [-0.1, -0.05) is 215 Å². The van der Waals surface area contributed by atoms with E-state index >= 15 is 0 Å². The van der Waals surface area contributed by atoms with Crippen LogP contribution in [-0.2, 0) is 12.0 Å². The molecule has 0 unspecified atom stereocenters. The fourth-order valence-electron chi connectivity index (χ4n) is 9.45. The number of fused-ring (bicyclic) bond motifs is 1. The van der Waals surface area contributed by atoms with Crippen molar-refractivity contribution < 1.29 is 4.43 Å². The summed E-state index contributed by atoms with van der Waals surface area (Å²) in [7, 11) is -2.83. The van der Waals surface area contributed by atoms with Crippen LogP contribution in [0.4, 0.5) is 5.69 Å². The molecule has 0 spiro atoms. The molecule has 1 fully saturated rings. The molecule has 8 aromatic rings. The predicted molar refractivity (Wildman–Crippen MR) is 267 cm³/mol. The average molecular weight is 863 g/mol. The van der Waals surface area contributed by atoms with Crippen molar-refractivity contribution in [2.24, 2.45) is 0 Å². The summed E-state index contributed by atoms with van der Waals surface area (Å²) in [6.45, 7) is 7.71. The molecule has 8 heteroatoms. The van der Waals surface area contributed by atoms with Crippen molar-refractivity contribution in [3.8, 4) is 5.75 Å². The number of rotatable bonds is 12. The van der Waals surface area contributed by atoms with Gasteiger partial charge in [0.05, 0.1) is 23.1 Å². The van der Waals surface area contributed by atoms with Gasteiger partial charge in [-0.2, -0.15) is 0 Å². The standard InChI is InChI=1S/C54H50N4OS2Si/c1-53(2,3)62(46-27-15-7-16-28-46,47-29-17-8-18-30-47)59-45-33-32-40-20-19-31-50(48(40)37-45)58-35-34-49(52(58)61)56-51(60)36-44-38-57(39-55-44)54(41-21-9-4-10-22-41,42-23-11-5-12-24-42)43-25-13-6-14-26-43/h4-33,37-39,49H,34-36H2,1-3H3,(H,56,60)/t49-/m0/s1. The molecule has 1 saturated heterocycles. The van der Waals surface area contributed by atoms with Gasteiger partial charge in [0.15, 0.2) is 0 Å². The fourth-order valence-corrected chi connectivity index (χ4v) is 14.5. The molecule has 1 N–H and O–H groups in total. The van der Waals surface area contributed by atoms with Crippen LogP contribution in [0.2, 0.25) is 5.04 Å². The molecule has 308 valence electrons. The molecule has 0 amide bonds. The highest BCUT2D eigenvalue weighted by Crippen LogP contribution is 2.42. The third-order valence-electron chi connectivity index (χ3n) is 12.3. The molecular weight excluding hydrogens is 813 g/mol. The van der Waals surface area contributed by atoms with Crippen molar-refractivity contribution in [1.29, 1.82) is 0 Å². The average Bonchev–Trinajstić information content (AvgIpc) is 3.92. The number of imidazole rings is 1. The van der Waals surface area contributed by atoms with E-state index < -0.39 is 13.9 Å². The lowest BCUT2D eigenvalue weighted by Gasteiger charge is -2.43. The van der Waals surface area contributed by atoms with E-state index in [0.717, 1.165) is 62.5 Å². The molecular formula is C54H50N4OS2Si. The summed E-state index contributed by atoms with van der Waals surface area (Å²) in [5, 5.41) is 8.22. The Morgan fingerprint density at radius 1 is 0.694 bits per heavy atom. The third-order valence-corrected chi connectivity index (χ3v) is 18.0. The molecule has 2 heterocycles. The predicted octanol–water partition coefficient (Wildman–Crippen LogP) is 10.9. The van der Waals surface area contributed by atoms with Crippen LogP contribution in [-0.4, -0.2) is 40.4 Å². The molecule has 0 saturated carbocycles. The summed E-state index contributed by atoms with van der Waals surface area (Å²) < 4.78 is 9.71. The van der Waals surface area contributed by atoms with Crippen LogP contribution in [0.15, 0.2) is 201 Å². The third kappa shape index (κ3) is 7.57. The number of anilines is 1. The maximum absolute atomic E-state index is 7.47. The van der Waals surface area contributed by atoms with Crippen molar-refractivity contribution in [3.63, 3.8) is 0 Å². The maximum Gasteiger partial charge on any atom is 0.319 e. The maximum atomic E-state index is 7.47. The van der Waals surface area contributed by atoms with E-state index in [1.807, 2.05) is 6.33 Å². The first kappa shape index (κ1) is 41.2. The van der Waals surface area contributed by atoms with Crippen LogP contribution in [0.5, 0.6) is 5.75 Å². The minimum absolute atomic E-state index is 0.0802. The molecule has 0 aliphatic carbocycles. The van der Waals surface area contributed by atoms with E-state index in [9.17, 15) is 0 Å². The van der Waals surface area contributed by atoms with Gasteiger partial charge in [0.2, 0.25) is 0 Å². The Balaban J connectivity index is 0.974. The van der Waals surface area contributed by atoms with Crippen molar-refractivity contribution in [1.82, 2.24) is 14.9 Å². The summed E-state index contributed by atoms with van der Waals surface area (Å²) in [6.07, 6.45) is 5.41. The Morgan fingerprint density at radius 3 is 1.76 bits per heavy atom. The second-order valence-corrected chi connectivity index (χ2v) is 22.2. The molecule has 1 aromatic heterocycles. The van der Waals surface area contributed by atoms with Gasteiger partial charge in [-0.25, -0.2) is 4.98 Å². The van der Waals surface area contributed by atoms with Crippen molar-refractivity contribution in [3.05, 3.63) is 223 Å². The second kappa shape index (κ2) is 17.3. The van der Waals surface area contributed by atoms with E-state index in [0.29, 0.717) is 11.4 Å². The number of nitrogens with one attached hydrogen (secondary N) is 1. The van der Waals surface area contributed by atoms with Gasteiger partial charge in [-0.05, 0) is 62.1 Å². The molecule has 1 aliphatic rings. The summed E-state index contributed by atoms with van der Waals surface area (Å²) in [5.74, 6) is 0.857.